The number of amides is 1. The van der Waals surface area contributed by atoms with Gasteiger partial charge < -0.3 is 5.32 Å². The van der Waals surface area contributed by atoms with Crippen LogP contribution in [0.1, 0.15) is 46.0 Å². The Morgan fingerprint density at radius 1 is 1.54 bits per heavy atom. The van der Waals surface area contributed by atoms with Crippen LogP contribution in [0.5, 0.6) is 0 Å². The van der Waals surface area contributed by atoms with E-state index in [0.29, 0.717) is 11.8 Å². The predicted octanol–water partition coefficient (Wildman–Crippen LogP) is 2.09. The van der Waals surface area contributed by atoms with Gasteiger partial charge in [-0.15, -0.1) is 0 Å². The number of hydrogen-bond donors (Lipinski definition) is 1. The molecule has 0 aromatic carbocycles. The number of carbonyl (C=O) groups excluding carboxylic acids is 1. The first-order valence-corrected chi connectivity index (χ1v) is 5.49. The molecule has 0 aromatic heterocycles. The van der Waals surface area contributed by atoms with E-state index in [0.717, 1.165) is 12.8 Å². The molecule has 1 aliphatic heterocycles. The standard InChI is InChI=1S/C11H19NO/c1-3-8(2)9-4-5-11(6-7-11)12-10(9)13/h8-9H,3-7H2,1-2H3,(H,12,13). The van der Waals surface area contributed by atoms with Crippen LogP contribution in [0.3, 0.4) is 0 Å². The van der Waals surface area contributed by atoms with Gasteiger partial charge >= 0.3 is 0 Å². The second-order valence-corrected chi connectivity index (χ2v) is 4.80. The third-order valence-electron chi connectivity index (χ3n) is 3.84. The first kappa shape index (κ1) is 9.04. The van der Waals surface area contributed by atoms with Crippen molar-refractivity contribution in [1.29, 1.82) is 0 Å². The summed E-state index contributed by atoms with van der Waals surface area (Å²) in [6.45, 7) is 4.36. The van der Waals surface area contributed by atoms with Gasteiger partial charge in [-0.3, -0.25) is 4.79 Å². The maximum Gasteiger partial charge on any atom is 0.223 e. The summed E-state index contributed by atoms with van der Waals surface area (Å²) >= 11 is 0. The van der Waals surface area contributed by atoms with E-state index in [-0.39, 0.29) is 11.5 Å². The van der Waals surface area contributed by atoms with Crippen LogP contribution in [0.4, 0.5) is 0 Å². The van der Waals surface area contributed by atoms with E-state index < -0.39 is 0 Å². The molecule has 13 heavy (non-hydrogen) atoms. The summed E-state index contributed by atoms with van der Waals surface area (Å²) < 4.78 is 0. The SMILES string of the molecule is CCC(C)C1CCC2(CC2)NC1=O. The van der Waals surface area contributed by atoms with E-state index in [1.807, 2.05) is 0 Å². The quantitative estimate of drug-likeness (QED) is 0.694. The number of hydrogen-bond acceptors (Lipinski definition) is 1. The number of piperidine rings is 1. The Balaban J connectivity index is 1.97. The lowest BCUT2D eigenvalue weighted by Crippen LogP contribution is -2.47. The molecule has 1 spiro atoms. The zero-order chi connectivity index (χ0) is 9.47. The Morgan fingerprint density at radius 2 is 2.23 bits per heavy atom. The number of rotatable bonds is 2. The van der Waals surface area contributed by atoms with Gasteiger partial charge in [0.25, 0.3) is 0 Å². The van der Waals surface area contributed by atoms with Gasteiger partial charge in [-0.05, 0) is 31.6 Å². The first-order chi connectivity index (χ1) is 6.17. The second-order valence-electron chi connectivity index (χ2n) is 4.80. The Morgan fingerprint density at radius 3 is 2.69 bits per heavy atom. The van der Waals surface area contributed by atoms with Crippen molar-refractivity contribution in [1.82, 2.24) is 5.32 Å². The van der Waals surface area contributed by atoms with Crippen molar-refractivity contribution < 1.29 is 4.79 Å². The average molecular weight is 181 g/mol. The second kappa shape index (κ2) is 3.00. The van der Waals surface area contributed by atoms with Crippen LogP contribution in [-0.4, -0.2) is 11.4 Å². The fourth-order valence-corrected chi connectivity index (χ4v) is 2.33. The predicted molar refractivity (Wildman–Crippen MR) is 52.3 cm³/mol. The van der Waals surface area contributed by atoms with Gasteiger partial charge in [0.15, 0.2) is 0 Å². The smallest absolute Gasteiger partial charge is 0.223 e. The molecule has 1 heterocycles. The number of nitrogens with one attached hydrogen (secondary N) is 1. The van der Waals surface area contributed by atoms with Gasteiger partial charge in [0.2, 0.25) is 5.91 Å². The highest BCUT2D eigenvalue weighted by Gasteiger charge is 2.48. The summed E-state index contributed by atoms with van der Waals surface area (Å²) in [5.41, 5.74) is 0.265. The molecule has 2 heteroatoms. The number of carbonyl (C=O) groups is 1. The van der Waals surface area contributed by atoms with Crippen molar-refractivity contribution in [3.63, 3.8) is 0 Å². The summed E-state index contributed by atoms with van der Waals surface area (Å²) in [6, 6.07) is 0. The van der Waals surface area contributed by atoms with E-state index in [1.165, 1.54) is 19.3 Å². The van der Waals surface area contributed by atoms with Gasteiger partial charge in [0.1, 0.15) is 0 Å². The fraction of sp³-hybridized carbons (Fsp3) is 0.909. The van der Waals surface area contributed by atoms with Crippen molar-refractivity contribution in [2.45, 2.75) is 51.5 Å². The van der Waals surface area contributed by atoms with Crippen LogP contribution in [0.25, 0.3) is 0 Å². The average Bonchev–Trinajstić information content (AvgIpc) is 2.84. The molecular weight excluding hydrogens is 162 g/mol. The van der Waals surface area contributed by atoms with Crippen LogP contribution in [0.15, 0.2) is 0 Å². The Bertz CT molecular complexity index is 220. The van der Waals surface area contributed by atoms with E-state index in [2.05, 4.69) is 19.2 Å². The lowest BCUT2D eigenvalue weighted by atomic mass is 9.82. The highest BCUT2D eigenvalue weighted by Crippen LogP contribution is 2.44. The van der Waals surface area contributed by atoms with Crippen molar-refractivity contribution >= 4 is 5.91 Å². The molecule has 2 atom stereocenters. The summed E-state index contributed by atoms with van der Waals surface area (Å²) in [4.78, 5) is 11.7. The van der Waals surface area contributed by atoms with Crippen LogP contribution in [0.2, 0.25) is 0 Å². The van der Waals surface area contributed by atoms with E-state index in [1.54, 1.807) is 0 Å². The van der Waals surface area contributed by atoms with E-state index in [4.69, 9.17) is 0 Å². The lowest BCUT2D eigenvalue weighted by molar-refractivity contribution is -0.130. The topological polar surface area (TPSA) is 29.1 Å². The molecular formula is C11H19NO. The maximum absolute atomic E-state index is 11.7. The summed E-state index contributed by atoms with van der Waals surface area (Å²) in [7, 11) is 0. The van der Waals surface area contributed by atoms with E-state index in [9.17, 15) is 4.79 Å². The maximum atomic E-state index is 11.7. The zero-order valence-electron chi connectivity index (χ0n) is 8.60. The molecule has 2 unspecified atom stereocenters. The third-order valence-corrected chi connectivity index (χ3v) is 3.84. The Kier molecular flexibility index (Phi) is 2.09. The van der Waals surface area contributed by atoms with Crippen molar-refractivity contribution in [2.75, 3.05) is 0 Å². The molecule has 0 radical (unpaired) electrons. The van der Waals surface area contributed by atoms with Crippen LogP contribution in [0, 0.1) is 11.8 Å². The Labute approximate surface area is 80.1 Å². The largest absolute Gasteiger partial charge is 0.350 e. The van der Waals surface area contributed by atoms with E-state index >= 15 is 0 Å². The molecule has 2 fully saturated rings. The molecule has 2 aliphatic rings. The molecule has 74 valence electrons. The monoisotopic (exact) mass is 181 g/mol. The minimum atomic E-state index is 0.265. The highest BCUT2D eigenvalue weighted by molar-refractivity contribution is 5.81. The summed E-state index contributed by atoms with van der Waals surface area (Å²) in [5, 5.41) is 3.19. The molecule has 1 saturated carbocycles. The van der Waals surface area contributed by atoms with Gasteiger partial charge in [-0.2, -0.15) is 0 Å². The van der Waals surface area contributed by atoms with Crippen molar-refractivity contribution in [3.05, 3.63) is 0 Å². The molecule has 0 bridgehead atoms. The molecule has 0 aromatic rings. The highest BCUT2D eigenvalue weighted by atomic mass is 16.2. The van der Waals surface area contributed by atoms with Gasteiger partial charge in [0, 0.05) is 11.5 Å². The first-order valence-electron chi connectivity index (χ1n) is 5.49. The molecule has 1 saturated heterocycles. The summed E-state index contributed by atoms with van der Waals surface area (Å²) in [5.74, 6) is 1.16. The lowest BCUT2D eigenvalue weighted by Gasteiger charge is -2.32. The molecule has 1 N–H and O–H groups in total. The van der Waals surface area contributed by atoms with Crippen molar-refractivity contribution in [3.8, 4) is 0 Å². The molecule has 1 amide bonds. The third kappa shape index (κ3) is 1.59. The van der Waals surface area contributed by atoms with Gasteiger partial charge in [-0.1, -0.05) is 20.3 Å². The molecule has 2 nitrogen and oxygen atoms in total. The normalized spacial score (nSPS) is 32.8. The van der Waals surface area contributed by atoms with Gasteiger partial charge in [-0.25, -0.2) is 0 Å². The molecule has 2 rings (SSSR count). The fourth-order valence-electron chi connectivity index (χ4n) is 2.33. The van der Waals surface area contributed by atoms with Crippen LogP contribution < -0.4 is 5.32 Å². The van der Waals surface area contributed by atoms with Crippen LogP contribution >= 0.6 is 0 Å². The Hall–Kier alpha value is -0.530. The minimum Gasteiger partial charge on any atom is -0.350 e. The van der Waals surface area contributed by atoms with Crippen molar-refractivity contribution in [2.24, 2.45) is 11.8 Å². The van der Waals surface area contributed by atoms with Gasteiger partial charge in [0.05, 0.1) is 0 Å². The van der Waals surface area contributed by atoms with Crippen LogP contribution in [-0.2, 0) is 4.79 Å². The summed E-state index contributed by atoms with van der Waals surface area (Å²) in [6.07, 6.45) is 5.87. The zero-order valence-corrected chi connectivity index (χ0v) is 8.60. The minimum absolute atomic E-state index is 0.265. The molecule has 1 aliphatic carbocycles.